The van der Waals surface area contributed by atoms with Gasteiger partial charge in [0.15, 0.2) is 11.0 Å². The summed E-state index contributed by atoms with van der Waals surface area (Å²) in [7, 11) is 0. The van der Waals surface area contributed by atoms with Crippen molar-refractivity contribution >= 4 is 33.4 Å². The Morgan fingerprint density at radius 3 is 2.93 bits per heavy atom. The predicted octanol–water partition coefficient (Wildman–Crippen LogP) is 3.08. The molecule has 5 heteroatoms. The highest BCUT2D eigenvalue weighted by Gasteiger charge is 2.11. The Kier molecular flexibility index (Phi) is 5.19. The molecule has 0 saturated carbocycles. The second-order valence-electron chi connectivity index (χ2n) is 3.40. The lowest BCUT2D eigenvalue weighted by Gasteiger charge is -2.09. The smallest absolute Gasteiger partial charge is 0.287 e. The summed E-state index contributed by atoms with van der Waals surface area (Å²) < 4.78 is 4.98. The number of halogens is 2. The first-order valence-electron chi connectivity index (χ1n) is 4.73. The summed E-state index contributed by atoms with van der Waals surface area (Å²) >= 11 is 8.92. The number of hydrogen-bond donors (Lipinski definition) is 1. The molecular formula is C10H13BrClNO2. The summed E-state index contributed by atoms with van der Waals surface area (Å²) in [5.74, 6) is 0.480. The van der Waals surface area contributed by atoms with E-state index in [0.29, 0.717) is 12.5 Å². The number of rotatable bonds is 5. The van der Waals surface area contributed by atoms with E-state index in [0.717, 1.165) is 11.8 Å². The van der Waals surface area contributed by atoms with E-state index >= 15 is 0 Å². The summed E-state index contributed by atoms with van der Waals surface area (Å²) in [6, 6.07) is 3.12. The van der Waals surface area contributed by atoms with Crippen molar-refractivity contribution in [1.82, 2.24) is 5.32 Å². The number of nitrogens with one attached hydrogen (secondary N) is 1. The van der Waals surface area contributed by atoms with Crippen LogP contribution in [0.3, 0.4) is 0 Å². The topological polar surface area (TPSA) is 42.2 Å². The van der Waals surface area contributed by atoms with Gasteiger partial charge in [-0.3, -0.25) is 4.79 Å². The van der Waals surface area contributed by atoms with E-state index in [1.807, 2.05) is 0 Å². The minimum atomic E-state index is -0.219. The number of hydrogen-bond acceptors (Lipinski definition) is 2. The predicted molar refractivity (Wildman–Crippen MR) is 63.6 cm³/mol. The molecule has 3 nitrogen and oxygen atoms in total. The molecule has 1 unspecified atom stereocenters. The molecule has 1 atom stereocenters. The maximum absolute atomic E-state index is 11.5. The largest absolute Gasteiger partial charge is 0.440 e. The summed E-state index contributed by atoms with van der Waals surface area (Å²) in [6.45, 7) is 2.72. The van der Waals surface area contributed by atoms with Crippen LogP contribution < -0.4 is 5.32 Å². The Morgan fingerprint density at radius 2 is 2.40 bits per heavy atom. The third-order valence-electron chi connectivity index (χ3n) is 2.01. The highest BCUT2D eigenvalue weighted by Crippen LogP contribution is 2.13. The maximum Gasteiger partial charge on any atom is 0.287 e. The Balaban J connectivity index is 2.36. The van der Waals surface area contributed by atoms with Crippen molar-refractivity contribution in [2.75, 3.05) is 11.9 Å². The van der Waals surface area contributed by atoms with E-state index in [9.17, 15) is 4.79 Å². The van der Waals surface area contributed by atoms with Gasteiger partial charge in [0.1, 0.15) is 0 Å². The summed E-state index contributed by atoms with van der Waals surface area (Å²) in [5.41, 5.74) is 0. The molecule has 0 aromatic carbocycles. The maximum atomic E-state index is 11.5. The lowest BCUT2D eigenvalue weighted by atomic mass is 10.1. The molecule has 0 bridgehead atoms. The number of amides is 1. The normalized spacial score (nSPS) is 12.5. The third-order valence-corrected chi connectivity index (χ3v) is 2.67. The monoisotopic (exact) mass is 293 g/mol. The molecule has 1 heterocycles. The van der Waals surface area contributed by atoms with Gasteiger partial charge in [-0.2, -0.15) is 0 Å². The molecule has 15 heavy (non-hydrogen) atoms. The lowest BCUT2D eigenvalue weighted by Crippen LogP contribution is -2.28. The Hall–Kier alpha value is -0.480. The quantitative estimate of drug-likeness (QED) is 0.848. The molecule has 84 valence electrons. The lowest BCUT2D eigenvalue weighted by molar-refractivity contribution is 0.0920. The van der Waals surface area contributed by atoms with E-state index in [-0.39, 0.29) is 16.9 Å². The summed E-state index contributed by atoms with van der Waals surface area (Å²) in [5, 5.41) is 3.96. The molecule has 1 aromatic rings. The standard InChI is InChI=1S/C10H13BrClNO2/c1-7(4-5-11)6-13-10(14)8-2-3-9(12)15-8/h2-3,7H,4-6H2,1H3,(H,13,14). The Morgan fingerprint density at radius 1 is 1.67 bits per heavy atom. The van der Waals surface area contributed by atoms with E-state index in [1.54, 1.807) is 12.1 Å². The van der Waals surface area contributed by atoms with Gasteiger partial charge in [-0.25, -0.2) is 0 Å². The molecule has 1 N–H and O–H groups in total. The van der Waals surface area contributed by atoms with Crippen LogP contribution in [0.4, 0.5) is 0 Å². The molecule has 0 aliphatic rings. The van der Waals surface area contributed by atoms with Gasteiger partial charge in [0, 0.05) is 11.9 Å². The van der Waals surface area contributed by atoms with E-state index < -0.39 is 0 Å². The van der Waals surface area contributed by atoms with Gasteiger partial charge in [-0.15, -0.1) is 0 Å². The molecule has 0 radical (unpaired) electrons. The first-order chi connectivity index (χ1) is 7.13. The fourth-order valence-electron chi connectivity index (χ4n) is 1.08. The Bertz CT molecular complexity index is 327. The van der Waals surface area contributed by atoms with Crippen LogP contribution in [0.2, 0.25) is 5.22 Å². The highest BCUT2D eigenvalue weighted by molar-refractivity contribution is 9.09. The van der Waals surface area contributed by atoms with Crippen molar-refractivity contribution in [3.8, 4) is 0 Å². The average Bonchev–Trinajstić information content (AvgIpc) is 2.62. The van der Waals surface area contributed by atoms with Crippen LogP contribution in [-0.2, 0) is 0 Å². The van der Waals surface area contributed by atoms with E-state index in [1.165, 1.54) is 0 Å². The number of furan rings is 1. The van der Waals surface area contributed by atoms with Gasteiger partial charge < -0.3 is 9.73 Å². The molecule has 0 aliphatic heterocycles. The molecular weight excluding hydrogens is 281 g/mol. The van der Waals surface area contributed by atoms with Gasteiger partial charge >= 0.3 is 0 Å². The van der Waals surface area contributed by atoms with Crippen molar-refractivity contribution in [3.05, 3.63) is 23.1 Å². The highest BCUT2D eigenvalue weighted by atomic mass is 79.9. The van der Waals surface area contributed by atoms with Crippen LogP contribution in [0.25, 0.3) is 0 Å². The van der Waals surface area contributed by atoms with Crippen molar-refractivity contribution < 1.29 is 9.21 Å². The fraction of sp³-hybridized carbons (Fsp3) is 0.500. The van der Waals surface area contributed by atoms with Crippen molar-refractivity contribution in [2.45, 2.75) is 13.3 Å². The second kappa shape index (κ2) is 6.18. The zero-order valence-electron chi connectivity index (χ0n) is 8.43. The van der Waals surface area contributed by atoms with Crippen molar-refractivity contribution in [1.29, 1.82) is 0 Å². The zero-order valence-corrected chi connectivity index (χ0v) is 10.8. The van der Waals surface area contributed by atoms with Gasteiger partial charge in [0.25, 0.3) is 5.91 Å². The van der Waals surface area contributed by atoms with Crippen LogP contribution in [0.5, 0.6) is 0 Å². The van der Waals surface area contributed by atoms with E-state index in [2.05, 4.69) is 28.2 Å². The average molecular weight is 295 g/mol. The van der Waals surface area contributed by atoms with Crippen molar-refractivity contribution in [3.63, 3.8) is 0 Å². The van der Waals surface area contributed by atoms with E-state index in [4.69, 9.17) is 16.0 Å². The van der Waals surface area contributed by atoms with Gasteiger partial charge in [0.05, 0.1) is 0 Å². The third kappa shape index (κ3) is 4.26. The van der Waals surface area contributed by atoms with Gasteiger partial charge in [0.2, 0.25) is 0 Å². The molecule has 1 amide bonds. The van der Waals surface area contributed by atoms with Crippen LogP contribution in [0, 0.1) is 5.92 Å². The molecule has 1 aromatic heterocycles. The van der Waals surface area contributed by atoms with Crippen molar-refractivity contribution in [2.24, 2.45) is 5.92 Å². The second-order valence-corrected chi connectivity index (χ2v) is 4.56. The number of carbonyl (C=O) groups is 1. The molecule has 0 aliphatic carbocycles. The SMILES string of the molecule is CC(CCBr)CNC(=O)c1ccc(Cl)o1. The van der Waals surface area contributed by atoms with Crippen LogP contribution >= 0.6 is 27.5 Å². The molecule has 0 spiro atoms. The first kappa shape index (κ1) is 12.6. The summed E-state index contributed by atoms with van der Waals surface area (Å²) in [4.78, 5) is 11.5. The van der Waals surface area contributed by atoms with Crippen LogP contribution in [-0.4, -0.2) is 17.8 Å². The molecule has 1 rings (SSSR count). The zero-order chi connectivity index (χ0) is 11.3. The first-order valence-corrected chi connectivity index (χ1v) is 6.23. The van der Waals surface area contributed by atoms with Gasteiger partial charge in [-0.1, -0.05) is 22.9 Å². The van der Waals surface area contributed by atoms with Crippen LogP contribution in [0.1, 0.15) is 23.9 Å². The Labute approximate surface area is 102 Å². The minimum absolute atomic E-state index is 0.219. The number of alkyl halides is 1. The molecule has 0 saturated heterocycles. The summed E-state index contributed by atoms with van der Waals surface area (Å²) in [6.07, 6.45) is 1.03. The molecule has 0 fully saturated rings. The van der Waals surface area contributed by atoms with Crippen LogP contribution in [0.15, 0.2) is 16.5 Å². The minimum Gasteiger partial charge on any atom is -0.440 e. The number of carbonyl (C=O) groups excluding carboxylic acids is 1. The van der Waals surface area contributed by atoms with Gasteiger partial charge in [-0.05, 0) is 36.1 Å². The fourth-order valence-corrected chi connectivity index (χ4v) is 2.01.